The number of benzene rings is 2. The van der Waals surface area contributed by atoms with E-state index < -0.39 is 16.8 Å². The number of nitro groups is 1. The number of amides is 1. The van der Waals surface area contributed by atoms with Crippen molar-refractivity contribution in [3.8, 4) is 0 Å². The molecule has 0 bridgehead atoms. The zero-order chi connectivity index (χ0) is 17.3. The number of hydrogen-bond donors (Lipinski definition) is 3. The van der Waals surface area contributed by atoms with Gasteiger partial charge in [-0.25, -0.2) is 9.78 Å². The van der Waals surface area contributed by atoms with Gasteiger partial charge in [-0.3, -0.25) is 20.2 Å². The summed E-state index contributed by atoms with van der Waals surface area (Å²) in [5, 5.41) is 22.2. The maximum absolute atomic E-state index is 12.1. The van der Waals surface area contributed by atoms with Crippen molar-refractivity contribution in [3.05, 3.63) is 63.7 Å². The monoisotopic (exact) mass is 326 g/mol. The molecular formula is C15H10N4O5. The number of nitrogens with zero attached hydrogens (tertiary/aromatic N) is 2. The molecule has 3 aromatic rings. The van der Waals surface area contributed by atoms with Gasteiger partial charge in [0.05, 0.1) is 16.0 Å². The summed E-state index contributed by atoms with van der Waals surface area (Å²) in [6, 6.07) is 9.68. The number of carbonyl (C=O) groups is 2. The number of aromatic amines is 1. The fourth-order valence-corrected chi connectivity index (χ4v) is 2.18. The molecule has 0 saturated carbocycles. The number of anilines is 1. The number of nitro benzene ring substituents is 1. The molecule has 1 amide bonds. The topological polar surface area (TPSA) is 138 Å². The molecule has 3 rings (SSSR count). The number of carbonyl (C=O) groups excluding carboxylic acids is 1. The largest absolute Gasteiger partial charge is 0.478 e. The number of aromatic carboxylic acids is 1. The molecule has 0 unspecified atom stereocenters. The van der Waals surface area contributed by atoms with Crippen LogP contribution in [0.1, 0.15) is 20.7 Å². The van der Waals surface area contributed by atoms with E-state index in [1.165, 1.54) is 30.3 Å². The Morgan fingerprint density at radius 2 is 1.88 bits per heavy atom. The van der Waals surface area contributed by atoms with Gasteiger partial charge in [-0.05, 0) is 24.3 Å². The molecule has 0 atom stereocenters. The predicted molar refractivity (Wildman–Crippen MR) is 84.1 cm³/mol. The summed E-state index contributed by atoms with van der Waals surface area (Å²) in [6.07, 6.45) is 0. The fraction of sp³-hybridized carbons (Fsp3) is 0. The van der Waals surface area contributed by atoms with Gasteiger partial charge in [0, 0.05) is 17.7 Å². The summed E-state index contributed by atoms with van der Waals surface area (Å²) >= 11 is 0. The van der Waals surface area contributed by atoms with Crippen LogP contribution in [0.25, 0.3) is 11.0 Å². The quantitative estimate of drug-likeness (QED) is 0.497. The lowest BCUT2D eigenvalue weighted by Crippen LogP contribution is -2.12. The van der Waals surface area contributed by atoms with Crippen LogP contribution < -0.4 is 5.32 Å². The first-order chi connectivity index (χ1) is 11.5. The molecule has 0 saturated heterocycles. The summed E-state index contributed by atoms with van der Waals surface area (Å²) in [6.45, 7) is 0. The molecule has 24 heavy (non-hydrogen) atoms. The lowest BCUT2D eigenvalue weighted by Gasteiger charge is -2.01. The number of nitrogens with one attached hydrogen (secondary N) is 2. The third-order valence-corrected chi connectivity index (χ3v) is 3.32. The van der Waals surface area contributed by atoms with E-state index in [0.717, 1.165) is 0 Å². The Morgan fingerprint density at radius 3 is 2.50 bits per heavy atom. The normalized spacial score (nSPS) is 10.5. The van der Waals surface area contributed by atoms with Gasteiger partial charge in [0.2, 0.25) is 5.95 Å². The zero-order valence-electron chi connectivity index (χ0n) is 12.0. The maximum Gasteiger partial charge on any atom is 0.337 e. The van der Waals surface area contributed by atoms with Crippen LogP contribution in [0, 0.1) is 10.1 Å². The van der Waals surface area contributed by atoms with E-state index in [0.29, 0.717) is 5.52 Å². The SMILES string of the molecule is O=C(Nc1nc2c(C(=O)O)cccc2[nH]1)c1ccc([N+](=O)[O-])cc1. The number of carboxylic acid groups (broad SMARTS) is 1. The molecule has 9 nitrogen and oxygen atoms in total. The van der Waals surface area contributed by atoms with E-state index in [1.807, 2.05) is 0 Å². The van der Waals surface area contributed by atoms with Gasteiger partial charge >= 0.3 is 5.97 Å². The van der Waals surface area contributed by atoms with Crippen LogP contribution in [-0.2, 0) is 0 Å². The third kappa shape index (κ3) is 2.77. The smallest absolute Gasteiger partial charge is 0.337 e. The highest BCUT2D eigenvalue weighted by Gasteiger charge is 2.15. The number of carboxylic acids is 1. The molecule has 1 heterocycles. The summed E-state index contributed by atoms with van der Waals surface area (Å²) in [5.74, 6) is -1.57. The number of rotatable bonds is 4. The molecular weight excluding hydrogens is 316 g/mol. The molecule has 0 aliphatic heterocycles. The van der Waals surface area contributed by atoms with Crippen molar-refractivity contribution in [1.29, 1.82) is 0 Å². The van der Waals surface area contributed by atoms with E-state index in [1.54, 1.807) is 12.1 Å². The Balaban J connectivity index is 1.86. The molecule has 0 radical (unpaired) electrons. The van der Waals surface area contributed by atoms with Crippen molar-refractivity contribution in [1.82, 2.24) is 9.97 Å². The Morgan fingerprint density at radius 1 is 1.17 bits per heavy atom. The highest BCUT2D eigenvalue weighted by molar-refractivity contribution is 6.05. The first-order valence-corrected chi connectivity index (χ1v) is 6.73. The first kappa shape index (κ1) is 15.2. The Hall–Kier alpha value is -3.75. The molecule has 9 heteroatoms. The van der Waals surface area contributed by atoms with E-state index in [4.69, 9.17) is 5.11 Å². The maximum atomic E-state index is 12.1. The van der Waals surface area contributed by atoms with Crippen molar-refractivity contribution in [2.24, 2.45) is 0 Å². The number of fused-ring (bicyclic) bond motifs is 1. The number of H-pyrrole nitrogens is 1. The second-order valence-electron chi connectivity index (χ2n) is 4.85. The van der Waals surface area contributed by atoms with Crippen LogP contribution in [0.4, 0.5) is 11.6 Å². The van der Waals surface area contributed by atoms with Crippen LogP contribution in [-0.4, -0.2) is 31.9 Å². The minimum atomic E-state index is -1.12. The van der Waals surface area contributed by atoms with E-state index >= 15 is 0 Å². The number of imidazole rings is 1. The Bertz CT molecular complexity index is 962. The van der Waals surface area contributed by atoms with Crippen molar-refractivity contribution >= 4 is 34.5 Å². The minimum absolute atomic E-state index is 0.0135. The van der Waals surface area contributed by atoms with E-state index in [-0.39, 0.29) is 28.3 Å². The highest BCUT2D eigenvalue weighted by Crippen LogP contribution is 2.19. The Labute approximate surface area is 134 Å². The second kappa shape index (κ2) is 5.80. The molecule has 0 aliphatic carbocycles. The van der Waals surface area contributed by atoms with Gasteiger partial charge in [-0.2, -0.15) is 0 Å². The van der Waals surface area contributed by atoms with Crippen LogP contribution in [0.5, 0.6) is 0 Å². The minimum Gasteiger partial charge on any atom is -0.478 e. The summed E-state index contributed by atoms with van der Waals surface area (Å²) in [7, 11) is 0. The Kier molecular flexibility index (Phi) is 3.66. The van der Waals surface area contributed by atoms with E-state index in [2.05, 4.69) is 15.3 Å². The van der Waals surface area contributed by atoms with Gasteiger partial charge in [0.1, 0.15) is 5.52 Å². The zero-order valence-corrected chi connectivity index (χ0v) is 12.0. The summed E-state index contributed by atoms with van der Waals surface area (Å²) < 4.78 is 0. The lowest BCUT2D eigenvalue weighted by molar-refractivity contribution is -0.384. The number of para-hydroxylation sites is 1. The van der Waals surface area contributed by atoms with Crippen molar-refractivity contribution < 1.29 is 19.6 Å². The third-order valence-electron chi connectivity index (χ3n) is 3.32. The van der Waals surface area contributed by atoms with Crippen molar-refractivity contribution in [2.75, 3.05) is 5.32 Å². The second-order valence-corrected chi connectivity index (χ2v) is 4.85. The summed E-state index contributed by atoms with van der Waals surface area (Å²) in [5.41, 5.74) is 0.790. The lowest BCUT2D eigenvalue weighted by atomic mass is 10.2. The van der Waals surface area contributed by atoms with Gasteiger partial charge in [-0.15, -0.1) is 0 Å². The molecule has 120 valence electrons. The molecule has 2 aromatic carbocycles. The number of hydrogen-bond acceptors (Lipinski definition) is 5. The summed E-state index contributed by atoms with van der Waals surface area (Å²) in [4.78, 5) is 40.2. The standard InChI is InChI=1S/C15H10N4O5/c20-13(8-4-6-9(7-5-8)19(23)24)18-15-16-11-3-1-2-10(14(21)22)12(11)17-15/h1-7H,(H,21,22)(H2,16,17,18,20). The average Bonchev–Trinajstić information content (AvgIpc) is 2.96. The van der Waals surface area contributed by atoms with Crippen LogP contribution >= 0.6 is 0 Å². The van der Waals surface area contributed by atoms with Crippen LogP contribution in [0.3, 0.4) is 0 Å². The number of aromatic nitrogens is 2. The fourth-order valence-electron chi connectivity index (χ4n) is 2.18. The van der Waals surface area contributed by atoms with Crippen molar-refractivity contribution in [3.63, 3.8) is 0 Å². The predicted octanol–water partition coefficient (Wildman–Crippen LogP) is 2.42. The van der Waals surface area contributed by atoms with E-state index in [9.17, 15) is 19.7 Å². The average molecular weight is 326 g/mol. The van der Waals surface area contributed by atoms with Gasteiger partial charge in [0.25, 0.3) is 11.6 Å². The molecule has 0 spiro atoms. The molecule has 3 N–H and O–H groups in total. The molecule has 0 fully saturated rings. The van der Waals surface area contributed by atoms with Crippen molar-refractivity contribution in [2.45, 2.75) is 0 Å². The highest BCUT2D eigenvalue weighted by atomic mass is 16.6. The van der Waals surface area contributed by atoms with Crippen LogP contribution in [0.15, 0.2) is 42.5 Å². The van der Waals surface area contributed by atoms with Gasteiger partial charge in [0.15, 0.2) is 0 Å². The molecule has 0 aliphatic rings. The number of non-ortho nitro benzene ring substituents is 1. The van der Waals surface area contributed by atoms with Gasteiger partial charge in [-0.1, -0.05) is 6.07 Å². The molecule has 1 aromatic heterocycles. The first-order valence-electron chi connectivity index (χ1n) is 6.73. The van der Waals surface area contributed by atoms with Gasteiger partial charge < -0.3 is 10.1 Å². The van der Waals surface area contributed by atoms with Crippen LogP contribution in [0.2, 0.25) is 0 Å².